The molecule has 2 N–H and O–H groups in total. The monoisotopic (exact) mass is 518 g/mol. The maximum absolute atomic E-state index is 13.3. The van der Waals surface area contributed by atoms with Crippen molar-refractivity contribution in [2.75, 3.05) is 26.2 Å². The molecule has 1 spiro atoms. The highest BCUT2D eigenvalue weighted by Gasteiger charge is 2.61. The summed E-state index contributed by atoms with van der Waals surface area (Å²) in [6, 6.07) is 8.97. The van der Waals surface area contributed by atoms with Gasteiger partial charge < -0.3 is 15.2 Å². The summed E-state index contributed by atoms with van der Waals surface area (Å²) < 4.78 is 0. The number of carbonyl (C=O) groups excluding carboxylic acids is 2. The van der Waals surface area contributed by atoms with E-state index >= 15 is 0 Å². The van der Waals surface area contributed by atoms with Crippen LogP contribution in [0.25, 0.3) is 0 Å². The Morgan fingerprint density at radius 2 is 1.84 bits per heavy atom. The van der Waals surface area contributed by atoms with E-state index in [1.54, 1.807) is 11.7 Å². The van der Waals surface area contributed by atoms with Gasteiger partial charge in [0.1, 0.15) is 4.88 Å². The van der Waals surface area contributed by atoms with E-state index in [-0.39, 0.29) is 34.5 Å². The Hall–Kier alpha value is -2.91. The third kappa shape index (κ3) is 4.12. The minimum atomic E-state index is -0.128. The summed E-state index contributed by atoms with van der Waals surface area (Å²) in [5, 5.41) is 2.08. The van der Waals surface area contributed by atoms with Crippen LogP contribution < -0.4 is 11.0 Å². The second-order valence-corrected chi connectivity index (χ2v) is 13.3. The van der Waals surface area contributed by atoms with Gasteiger partial charge in [0.25, 0.3) is 5.91 Å². The van der Waals surface area contributed by atoms with Crippen LogP contribution in [0.3, 0.4) is 0 Å². The van der Waals surface area contributed by atoms with E-state index in [1.807, 2.05) is 9.80 Å². The third-order valence-electron chi connectivity index (χ3n) is 9.11. The highest BCUT2D eigenvalue weighted by molar-refractivity contribution is 7.11. The van der Waals surface area contributed by atoms with Crippen LogP contribution in [-0.4, -0.2) is 57.8 Å². The summed E-state index contributed by atoms with van der Waals surface area (Å²) in [5.41, 5.74) is 12.2. The first kappa shape index (κ1) is 23.2. The minimum Gasteiger partial charge on any atom is -0.341 e. The van der Waals surface area contributed by atoms with Crippen LogP contribution in [0.15, 0.2) is 47.9 Å². The minimum absolute atomic E-state index is 0.0386. The molecule has 1 aromatic heterocycles. The van der Waals surface area contributed by atoms with Crippen LogP contribution >= 0.6 is 11.3 Å². The van der Waals surface area contributed by atoms with Gasteiger partial charge in [-0.15, -0.1) is 16.9 Å². The quantitative estimate of drug-likeness (QED) is 0.611. The molecule has 3 aliphatic heterocycles. The van der Waals surface area contributed by atoms with Gasteiger partial charge in [-0.05, 0) is 41.7 Å². The van der Waals surface area contributed by atoms with Crippen molar-refractivity contribution in [2.45, 2.75) is 45.6 Å². The zero-order valence-electron chi connectivity index (χ0n) is 21.4. The number of nitrogens with zero attached hydrogens (tertiary/aromatic N) is 4. The molecule has 2 saturated carbocycles. The molecule has 1 aromatic carbocycles. The van der Waals surface area contributed by atoms with Crippen LogP contribution in [0.1, 0.15) is 59.8 Å². The van der Waals surface area contributed by atoms with Crippen LogP contribution in [0.4, 0.5) is 0 Å². The number of aromatic nitrogens is 1. The third-order valence-corrected chi connectivity index (χ3v) is 9.87. The lowest BCUT2D eigenvalue weighted by Crippen LogP contribution is -2.63. The second-order valence-electron chi connectivity index (χ2n) is 12.4. The number of nitrogens with one attached hydrogen (secondary N) is 2. The summed E-state index contributed by atoms with van der Waals surface area (Å²) in [5.74, 6) is 1.37. The number of thiazole rings is 1. The number of benzene rings is 1. The maximum Gasteiger partial charge on any atom is 0.265 e. The molecule has 2 amide bonds. The lowest BCUT2D eigenvalue weighted by atomic mass is 9.70. The number of hydrazine groups is 2. The fraction of sp³-hybridized carbons (Fsp3) is 0.536. The van der Waals surface area contributed by atoms with Crippen molar-refractivity contribution in [1.29, 1.82) is 0 Å². The number of hydrogen-bond donors (Lipinski definition) is 2. The lowest BCUT2D eigenvalue weighted by Gasteiger charge is -2.51. The number of amides is 2. The van der Waals surface area contributed by atoms with Crippen molar-refractivity contribution >= 4 is 23.2 Å². The summed E-state index contributed by atoms with van der Waals surface area (Å²) >= 11 is 1.38. The van der Waals surface area contributed by atoms with E-state index in [0.29, 0.717) is 31.1 Å². The maximum atomic E-state index is 13.3. The molecule has 9 heteroatoms. The molecule has 2 aliphatic carbocycles. The van der Waals surface area contributed by atoms with E-state index in [9.17, 15) is 9.59 Å². The first-order valence-corrected chi connectivity index (χ1v) is 14.2. The van der Waals surface area contributed by atoms with Crippen molar-refractivity contribution in [3.63, 3.8) is 0 Å². The van der Waals surface area contributed by atoms with Crippen LogP contribution in [0, 0.1) is 22.7 Å². The Kier molecular flexibility index (Phi) is 5.21. The highest BCUT2D eigenvalue weighted by Crippen LogP contribution is 2.55. The zero-order chi connectivity index (χ0) is 25.4. The van der Waals surface area contributed by atoms with Crippen LogP contribution in [-0.2, 0) is 11.3 Å². The van der Waals surface area contributed by atoms with E-state index in [1.165, 1.54) is 35.3 Å². The number of likely N-dealkylation sites (tertiary alicyclic amines) is 2. The average molecular weight is 519 g/mol. The normalized spacial score (nSPS) is 27.2. The molecular weight excluding hydrogens is 484 g/mol. The Morgan fingerprint density at radius 1 is 1.11 bits per heavy atom. The number of hydrogen-bond acceptors (Lipinski definition) is 7. The molecule has 4 fully saturated rings. The largest absolute Gasteiger partial charge is 0.341 e. The van der Waals surface area contributed by atoms with Gasteiger partial charge in [0, 0.05) is 49.6 Å². The molecule has 2 saturated heterocycles. The molecule has 7 rings (SSSR count). The first-order chi connectivity index (χ1) is 17.8. The first-order valence-electron chi connectivity index (χ1n) is 13.4. The van der Waals surface area contributed by atoms with Gasteiger partial charge in [-0.2, -0.15) is 0 Å². The SMILES string of the molecule is CC1(C)C[C@@H]1C(=O)N1CC2(CN(C(=O)c3cncs3)CC2C2=CN(Cc3ccc(C4CC4)cc3)NN2)C1. The van der Waals surface area contributed by atoms with Gasteiger partial charge in [-0.25, -0.2) is 0 Å². The molecule has 37 heavy (non-hydrogen) atoms. The predicted molar refractivity (Wildman–Crippen MR) is 141 cm³/mol. The van der Waals surface area contributed by atoms with Crippen molar-refractivity contribution in [3.8, 4) is 0 Å². The van der Waals surface area contributed by atoms with Crippen molar-refractivity contribution < 1.29 is 9.59 Å². The van der Waals surface area contributed by atoms with Crippen molar-refractivity contribution in [1.82, 2.24) is 30.8 Å². The average Bonchev–Trinajstić information content (AvgIpc) is 3.55. The number of rotatable bonds is 6. The van der Waals surface area contributed by atoms with E-state index < -0.39 is 0 Å². The van der Waals surface area contributed by atoms with Gasteiger partial charge in [0.05, 0.1) is 23.9 Å². The van der Waals surface area contributed by atoms with Crippen molar-refractivity contribution in [3.05, 3.63) is 63.9 Å². The van der Waals surface area contributed by atoms with Crippen LogP contribution in [0.5, 0.6) is 0 Å². The van der Waals surface area contributed by atoms with Gasteiger partial charge >= 0.3 is 0 Å². The fourth-order valence-corrected chi connectivity index (χ4v) is 7.05. The standard InChI is InChI=1S/C28H34N6O2S/c1-27(2)9-21(27)25(35)33-15-28(16-33)14-32(26(36)24-10-29-17-37-24)12-22(28)23-13-34(31-30-23)11-18-3-5-19(6-4-18)20-7-8-20/h3-6,10,13,17,20-22,30-31H,7-9,11-12,14-16H2,1-2H3/t21-,22?/m1/s1. The second kappa shape index (κ2) is 8.30. The van der Waals surface area contributed by atoms with Gasteiger partial charge in [-0.1, -0.05) is 38.1 Å². The molecule has 0 bridgehead atoms. The molecule has 1 unspecified atom stereocenters. The zero-order valence-corrected chi connectivity index (χ0v) is 22.3. The Balaban J connectivity index is 1.08. The summed E-state index contributed by atoms with van der Waals surface area (Å²) in [4.78, 5) is 35.1. The topological polar surface area (TPSA) is 80.8 Å². The molecular formula is C28H34N6O2S. The van der Waals surface area contributed by atoms with Crippen LogP contribution in [0.2, 0.25) is 0 Å². The van der Waals surface area contributed by atoms with Gasteiger partial charge in [-0.3, -0.25) is 19.6 Å². The smallest absolute Gasteiger partial charge is 0.265 e. The number of carbonyl (C=O) groups is 2. The highest BCUT2D eigenvalue weighted by atomic mass is 32.1. The lowest BCUT2D eigenvalue weighted by molar-refractivity contribution is -0.146. The Labute approximate surface area is 221 Å². The Bertz CT molecular complexity index is 1250. The van der Waals surface area contributed by atoms with Gasteiger partial charge in [0.15, 0.2) is 0 Å². The molecule has 194 valence electrons. The van der Waals surface area contributed by atoms with E-state index in [2.05, 4.69) is 65.3 Å². The van der Waals surface area contributed by atoms with Crippen molar-refractivity contribution in [2.24, 2.45) is 22.7 Å². The predicted octanol–water partition coefficient (Wildman–Crippen LogP) is 3.33. The molecule has 5 aliphatic rings. The molecule has 4 heterocycles. The van der Waals surface area contributed by atoms with Gasteiger partial charge in [0.2, 0.25) is 5.91 Å². The van der Waals surface area contributed by atoms with E-state index in [4.69, 9.17) is 0 Å². The van der Waals surface area contributed by atoms with E-state index in [0.717, 1.165) is 24.6 Å². The Morgan fingerprint density at radius 3 is 2.49 bits per heavy atom. The molecule has 0 radical (unpaired) electrons. The molecule has 2 aromatic rings. The fourth-order valence-electron chi connectivity index (χ4n) is 6.47. The molecule has 8 nitrogen and oxygen atoms in total. The summed E-state index contributed by atoms with van der Waals surface area (Å²) in [6.07, 6.45) is 7.41. The molecule has 2 atom stereocenters. The summed E-state index contributed by atoms with van der Waals surface area (Å²) in [7, 11) is 0. The summed E-state index contributed by atoms with van der Waals surface area (Å²) in [6.45, 7) is 7.81.